The van der Waals surface area contributed by atoms with Gasteiger partial charge in [-0.2, -0.15) is 0 Å². The maximum absolute atomic E-state index is 6.19. The van der Waals surface area contributed by atoms with Crippen molar-refractivity contribution in [3.8, 4) is 0 Å². The number of halogens is 1. The van der Waals surface area contributed by atoms with E-state index in [1.165, 1.54) is 38.5 Å². The first-order valence-electron chi connectivity index (χ1n) is 7.76. The number of hydrogen-bond donors (Lipinski definition) is 1. The summed E-state index contributed by atoms with van der Waals surface area (Å²) in [6.07, 6.45) is 10.2. The quantitative estimate of drug-likeness (QED) is 0.923. The van der Waals surface area contributed by atoms with Crippen molar-refractivity contribution in [2.45, 2.75) is 45.1 Å². The number of anilines is 1. The van der Waals surface area contributed by atoms with Gasteiger partial charge in [-0.25, -0.2) is 4.98 Å². The number of nitrogens with one attached hydrogen (secondary N) is 1. The van der Waals surface area contributed by atoms with E-state index in [0.717, 1.165) is 36.0 Å². The summed E-state index contributed by atoms with van der Waals surface area (Å²) in [4.78, 5) is 6.96. The maximum Gasteiger partial charge on any atom is 0.128 e. The van der Waals surface area contributed by atoms with E-state index < -0.39 is 0 Å². The molecule has 1 aromatic rings. The lowest BCUT2D eigenvalue weighted by atomic mass is 9.77. The molecule has 1 saturated heterocycles. The minimum Gasteiger partial charge on any atom is -0.357 e. The Balaban J connectivity index is 1.69. The predicted molar refractivity (Wildman–Crippen MR) is 84.4 cm³/mol. The van der Waals surface area contributed by atoms with Crippen molar-refractivity contribution in [2.75, 3.05) is 25.0 Å². The molecule has 4 heteroatoms. The zero-order valence-electron chi connectivity index (χ0n) is 12.3. The van der Waals surface area contributed by atoms with Gasteiger partial charge >= 0.3 is 0 Å². The van der Waals surface area contributed by atoms with Gasteiger partial charge in [0, 0.05) is 25.8 Å². The van der Waals surface area contributed by atoms with Gasteiger partial charge in [-0.15, -0.1) is 0 Å². The second-order valence-corrected chi connectivity index (χ2v) is 6.77. The molecule has 2 heterocycles. The fourth-order valence-corrected chi connectivity index (χ4v) is 3.97. The molecule has 0 atom stereocenters. The van der Waals surface area contributed by atoms with Crippen LogP contribution in [-0.4, -0.2) is 25.1 Å². The molecule has 0 amide bonds. The maximum atomic E-state index is 6.19. The highest BCUT2D eigenvalue weighted by Gasteiger charge is 2.37. The lowest BCUT2D eigenvalue weighted by molar-refractivity contribution is 0.226. The topological polar surface area (TPSA) is 28.2 Å². The van der Waals surface area contributed by atoms with Crippen LogP contribution < -0.4 is 10.2 Å². The summed E-state index contributed by atoms with van der Waals surface area (Å²) in [6, 6.07) is 2.14. The Bertz CT molecular complexity index is 459. The fourth-order valence-electron chi connectivity index (χ4n) is 3.80. The van der Waals surface area contributed by atoms with Gasteiger partial charge in [0.15, 0.2) is 0 Å². The third-order valence-corrected chi connectivity index (χ3v) is 5.44. The molecule has 3 nitrogen and oxygen atoms in total. The second-order valence-electron chi connectivity index (χ2n) is 6.36. The molecule has 1 N–H and O–H groups in total. The van der Waals surface area contributed by atoms with Crippen LogP contribution in [0.1, 0.15) is 44.1 Å². The Labute approximate surface area is 126 Å². The SMILES string of the molecule is CNCc1cc(N2CCC3(CCCC3)CC2)ncc1Cl. The van der Waals surface area contributed by atoms with Crippen LogP contribution in [0.2, 0.25) is 5.02 Å². The number of rotatable bonds is 3. The van der Waals surface area contributed by atoms with Crippen molar-refractivity contribution in [2.24, 2.45) is 5.41 Å². The lowest BCUT2D eigenvalue weighted by Gasteiger charge is -2.40. The van der Waals surface area contributed by atoms with Crippen LogP contribution in [0, 0.1) is 5.41 Å². The van der Waals surface area contributed by atoms with E-state index in [2.05, 4.69) is 21.3 Å². The highest BCUT2D eigenvalue weighted by atomic mass is 35.5. The molecule has 20 heavy (non-hydrogen) atoms. The standard InChI is InChI=1S/C16H24ClN3/c1-18-11-13-10-15(19-12-14(13)17)20-8-6-16(7-9-20)4-2-3-5-16/h10,12,18H,2-9,11H2,1H3. The molecule has 1 saturated carbocycles. The van der Waals surface area contributed by atoms with Gasteiger partial charge in [0.1, 0.15) is 5.82 Å². The minimum atomic E-state index is 0.663. The predicted octanol–water partition coefficient (Wildman–Crippen LogP) is 3.62. The molecular weight excluding hydrogens is 270 g/mol. The Morgan fingerprint density at radius 2 is 1.95 bits per heavy atom. The number of piperidine rings is 1. The van der Waals surface area contributed by atoms with E-state index in [4.69, 9.17) is 11.6 Å². The van der Waals surface area contributed by atoms with Crippen LogP contribution in [0.5, 0.6) is 0 Å². The third-order valence-electron chi connectivity index (χ3n) is 5.10. The Kier molecular flexibility index (Phi) is 4.18. The smallest absolute Gasteiger partial charge is 0.128 e. The molecular formula is C16H24ClN3. The monoisotopic (exact) mass is 293 g/mol. The normalized spacial score (nSPS) is 21.6. The summed E-state index contributed by atoms with van der Waals surface area (Å²) in [5, 5.41) is 3.92. The summed E-state index contributed by atoms with van der Waals surface area (Å²) in [5.41, 5.74) is 1.80. The average molecular weight is 294 g/mol. The molecule has 110 valence electrons. The van der Waals surface area contributed by atoms with Crippen molar-refractivity contribution in [3.63, 3.8) is 0 Å². The minimum absolute atomic E-state index is 0.663. The van der Waals surface area contributed by atoms with Crippen LogP contribution in [0.25, 0.3) is 0 Å². The molecule has 0 aromatic carbocycles. The number of pyridine rings is 1. The fraction of sp³-hybridized carbons (Fsp3) is 0.688. The van der Waals surface area contributed by atoms with Crippen molar-refractivity contribution in [1.82, 2.24) is 10.3 Å². The Morgan fingerprint density at radius 3 is 2.60 bits per heavy atom. The van der Waals surface area contributed by atoms with Crippen LogP contribution in [0.15, 0.2) is 12.3 Å². The molecule has 3 rings (SSSR count). The summed E-state index contributed by atoms with van der Waals surface area (Å²) >= 11 is 6.19. The summed E-state index contributed by atoms with van der Waals surface area (Å²) in [5.74, 6) is 1.09. The largest absolute Gasteiger partial charge is 0.357 e. The van der Waals surface area contributed by atoms with E-state index in [-0.39, 0.29) is 0 Å². The lowest BCUT2D eigenvalue weighted by Crippen LogP contribution is -2.39. The molecule has 0 unspecified atom stereocenters. The van der Waals surface area contributed by atoms with E-state index in [1.807, 2.05) is 7.05 Å². The highest BCUT2D eigenvalue weighted by molar-refractivity contribution is 6.31. The first-order chi connectivity index (χ1) is 9.72. The Morgan fingerprint density at radius 1 is 1.25 bits per heavy atom. The third kappa shape index (κ3) is 2.79. The second kappa shape index (κ2) is 5.90. The highest BCUT2D eigenvalue weighted by Crippen LogP contribution is 2.46. The number of nitrogens with zero attached hydrogens (tertiary/aromatic N) is 2. The molecule has 0 bridgehead atoms. The molecule has 1 spiro atoms. The van der Waals surface area contributed by atoms with Crippen LogP contribution in [-0.2, 0) is 6.54 Å². The van der Waals surface area contributed by atoms with Gasteiger partial charge in [-0.1, -0.05) is 24.4 Å². The average Bonchev–Trinajstić information content (AvgIpc) is 2.91. The summed E-state index contributed by atoms with van der Waals surface area (Å²) < 4.78 is 0. The van der Waals surface area contributed by atoms with Crippen LogP contribution in [0.4, 0.5) is 5.82 Å². The van der Waals surface area contributed by atoms with Gasteiger partial charge in [0.25, 0.3) is 0 Å². The summed E-state index contributed by atoms with van der Waals surface area (Å²) in [6.45, 7) is 3.09. The number of aromatic nitrogens is 1. The van der Waals surface area contributed by atoms with Crippen LogP contribution >= 0.6 is 11.6 Å². The van der Waals surface area contributed by atoms with Gasteiger partial charge in [0.05, 0.1) is 5.02 Å². The van der Waals surface area contributed by atoms with Gasteiger partial charge in [-0.3, -0.25) is 0 Å². The van der Waals surface area contributed by atoms with Gasteiger partial charge in [0.2, 0.25) is 0 Å². The number of hydrogen-bond acceptors (Lipinski definition) is 3. The molecule has 1 aliphatic carbocycles. The van der Waals surface area contributed by atoms with Crippen molar-refractivity contribution in [1.29, 1.82) is 0 Å². The summed E-state index contributed by atoms with van der Waals surface area (Å²) in [7, 11) is 1.95. The van der Waals surface area contributed by atoms with Gasteiger partial charge < -0.3 is 10.2 Å². The van der Waals surface area contributed by atoms with Gasteiger partial charge in [-0.05, 0) is 49.8 Å². The van der Waals surface area contributed by atoms with Crippen molar-refractivity contribution >= 4 is 17.4 Å². The Hall–Kier alpha value is -0.800. The van der Waals surface area contributed by atoms with E-state index in [1.54, 1.807) is 6.20 Å². The van der Waals surface area contributed by atoms with E-state index in [0.29, 0.717) is 5.41 Å². The zero-order chi connectivity index (χ0) is 14.0. The van der Waals surface area contributed by atoms with Crippen molar-refractivity contribution in [3.05, 3.63) is 22.8 Å². The molecule has 0 radical (unpaired) electrons. The first-order valence-corrected chi connectivity index (χ1v) is 8.14. The molecule has 2 aliphatic rings. The first kappa shape index (κ1) is 14.2. The van der Waals surface area contributed by atoms with Crippen LogP contribution in [0.3, 0.4) is 0 Å². The molecule has 1 aromatic heterocycles. The van der Waals surface area contributed by atoms with E-state index in [9.17, 15) is 0 Å². The molecule has 1 aliphatic heterocycles. The molecule has 2 fully saturated rings. The van der Waals surface area contributed by atoms with E-state index >= 15 is 0 Å². The zero-order valence-corrected chi connectivity index (χ0v) is 13.0. The van der Waals surface area contributed by atoms with Crippen molar-refractivity contribution < 1.29 is 0 Å².